The summed E-state index contributed by atoms with van der Waals surface area (Å²) in [6.07, 6.45) is 0. The summed E-state index contributed by atoms with van der Waals surface area (Å²) in [4.78, 5) is 23.2. The van der Waals surface area contributed by atoms with Crippen LogP contribution in [0, 0.1) is 0 Å². The molecule has 86 valence electrons. The first kappa shape index (κ1) is 13.1. The number of hydrogen-bond acceptors (Lipinski definition) is 3. The molecule has 0 saturated carbocycles. The van der Waals surface area contributed by atoms with Crippen molar-refractivity contribution in [3.8, 4) is 0 Å². The second-order valence-electron chi connectivity index (χ2n) is 3.26. The van der Waals surface area contributed by atoms with Gasteiger partial charge in [0.05, 0.1) is 5.56 Å². The zero-order valence-electron chi connectivity index (χ0n) is 8.53. The Kier molecular flexibility index (Phi) is 4.37. The Labute approximate surface area is 107 Å². The van der Waals surface area contributed by atoms with Gasteiger partial charge in [0.2, 0.25) is 5.91 Å². The maximum absolute atomic E-state index is 11.7. The van der Waals surface area contributed by atoms with Gasteiger partial charge in [-0.05, 0) is 41.1 Å². The molecule has 6 heteroatoms. The summed E-state index contributed by atoms with van der Waals surface area (Å²) in [7, 11) is 0. The van der Waals surface area contributed by atoms with E-state index < -0.39 is 11.9 Å². The second-order valence-corrected chi connectivity index (χ2v) is 4.63. The van der Waals surface area contributed by atoms with E-state index >= 15 is 0 Å². The lowest BCUT2D eigenvalue weighted by Crippen LogP contribution is -2.42. The Morgan fingerprint density at radius 1 is 1.50 bits per heavy atom. The molecule has 1 atom stereocenters. The minimum Gasteiger partial charge on any atom is -0.368 e. The number of halogens is 1. The van der Waals surface area contributed by atoms with Crippen molar-refractivity contribution in [2.45, 2.75) is 17.9 Å². The van der Waals surface area contributed by atoms with Crippen LogP contribution >= 0.6 is 28.6 Å². The van der Waals surface area contributed by atoms with E-state index in [9.17, 15) is 9.59 Å². The third-order valence-corrected chi connectivity index (χ3v) is 2.94. The molecule has 0 aliphatic carbocycles. The first-order valence-electron chi connectivity index (χ1n) is 4.50. The van der Waals surface area contributed by atoms with Crippen LogP contribution in [0.3, 0.4) is 0 Å². The molecule has 0 radical (unpaired) electrons. The van der Waals surface area contributed by atoms with Crippen molar-refractivity contribution in [3.63, 3.8) is 0 Å². The Bertz CT molecular complexity index is 437. The fourth-order valence-electron chi connectivity index (χ4n) is 1.03. The number of carbonyl (C=O) groups excluding carboxylic acids is 2. The Morgan fingerprint density at radius 3 is 2.69 bits per heavy atom. The quantitative estimate of drug-likeness (QED) is 0.737. The molecule has 0 aromatic heterocycles. The summed E-state index contributed by atoms with van der Waals surface area (Å²) in [6, 6.07) is 4.37. The first-order chi connectivity index (χ1) is 7.41. The van der Waals surface area contributed by atoms with Gasteiger partial charge in [0.15, 0.2) is 0 Å². The van der Waals surface area contributed by atoms with E-state index in [2.05, 4.69) is 33.9 Å². The van der Waals surface area contributed by atoms with Crippen LogP contribution in [-0.2, 0) is 4.79 Å². The highest BCUT2D eigenvalue weighted by molar-refractivity contribution is 9.10. The molecule has 0 fully saturated rings. The summed E-state index contributed by atoms with van der Waals surface area (Å²) in [5, 5.41) is 2.49. The second kappa shape index (κ2) is 5.36. The third kappa shape index (κ3) is 3.24. The summed E-state index contributed by atoms with van der Waals surface area (Å²) < 4.78 is 0.638. The molecular formula is C10H11BrN2O2S. The summed E-state index contributed by atoms with van der Waals surface area (Å²) in [6.45, 7) is 1.53. The smallest absolute Gasteiger partial charge is 0.253 e. The van der Waals surface area contributed by atoms with Crippen molar-refractivity contribution in [2.75, 3.05) is 0 Å². The van der Waals surface area contributed by atoms with Gasteiger partial charge >= 0.3 is 0 Å². The predicted molar refractivity (Wildman–Crippen MR) is 67.5 cm³/mol. The zero-order valence-corrected chi connectivity index (χ0v) is 11.0. The van der Waals surface area contributed by atoms with Crippen LogP contribution < -0.4 is 11.1 Å². The minimum absolute atomic E-state index is 0.367. The lowest BCUT2D eigenvalue weighted by Gasteiger charge is -2.11. The van der Waals surface area contributed by atoms with Gasteiger partial charge < -0.3 is 11.1 Å². The van der Waals surface area contributed by atoms with E-state index in [0.29, 0.717) is 14.9 Å². The molecule has 0 bridgehead atoms. The van der Waals surface area contributed by atoms with Crippen molar-refractivity contribution in [1.29, 1.82) is 0 Å². The summed E-state index contributed by atoms with van der Waals surface area (Å²) in [5.41, 5.74) is 5.47. The molecule has 16 heavy (non-hydrogen) atoms. The number of nitrogens with one attached hydrogen (secondary N) is 1. The van der Waals surface area contributed by atoms with Gasteiger partial charge in [0.1, 0.15) is 6.04 Å². The number of amides is 2. The van der Waals surface area contributed by atoms with Crippen molar-refractivity contribution >= 4 is 40.4 Å². The molecule has 0 aliphatic heterocycles. The molecule has 1 unspecified atom stereocenters. The molecule has 1 aromatic rings. The number of benzene rings is 1. The topological polar surface area (TPSA) is 72.2 Å². The molecule has 0 spiro atoms. The average Bonchev–Trinajstić information content (AvgIpc) is 2.21. The van der Waals surface area contributed by atoms with Crippen molar-refractivity contribution in [1.82, 2.24) is 5.32 Å². The first-order valence-corrected chi connectivity index (χ1v) is 5.74. The normalized spacial score (nSPS) is 11.9. The molecule has 0 aliphatic rings. The molecule has 0 saturated heterocycles. The molecule has 1 aromatic carbocycles. The standard InChI is InChI=1S/C10H11BrN2O2S/c1-5(9(12)14)13-10(15)7-4-6(16)2-3-8(7)11/h2-5,16H,1H3,(H2,12,14)(H,13,15). The van der Waals surface area contributed by atoms with E-state index in [-0.39, 0.29) is 5.91 Å². The van der Waals surface area contributed by atoms with Gasteiger partial charge in [-0.3, -0.25) is 9.59 Å². The Hall–Kier alpha value is -1.01. The molecular weight excluding hydrogens is 292 g/mol. The fourth-order valence-corrected chi connectivity index (χ4v) is 1.66. The third-order valence-electron chi connectivity index (χ3n) is 1.97. The van der Waals surface area contributed by atoms with E-state index in [0.717, 1.165) is 0 Å². The highest BCUT2D eigenvalue weighted by Gasteiger charge is 2.15. The van der Waals surface area contributed by atoms with Crippen LogP contribution in [0.25, 0.3) is 0 Å². The van der Waals surface area contributed by atoms with Gasteiger partial charge in [-0.1, -0.05) is 0 Å². The summed E-state index contributed by atoms with van der Waals surface area (Å²) >= 11 is 7.38. The van der Waals surface area contributed by atoms with Gasteiger partial charge in [-0.25, -0.2) is 0 Å². The number of thiol groups is 1. The monoisotopic (exact) mass is 302 g/mol. The largest absolute Gasteiger partial charge is 0.368 e. The summed E-state index contributed by atoms with van der Waals surface area (Å²) in [5.74, 6) is -0.944. The number of hydrogen-bond donors (Lipinski definition) is 3. The number of rotatable bonds is 3. The molecule has 1 rings (SSSR count). The maximum atomic E-state index is 11.7. The van der Waals surface area contributed by atoms with Crippen molar-refractivity contribution < 1.29 is 9.59 Å². The highest BCUT2D eigenvalue weighted by atomic mass is 79.9. The van der Waals surface area contributed by atoms with Crippen LogP contribution in [0.5, 0.6) is 0 Å². The fraction of sp³-hybridized carbons (Fsp3) is 0.200. The lowest BCUT2D eigenvalue weighted by atomic mass is 10.2. The van der Waals surface area contributed by atoms with Gasteiger partial charge in [0, 0.05) is 9.37 Å². The van der Waals surface area contributed by atoms with E-state index in [1.54, 1.807) is 18.2 Å². The Morgan fingerprint density at radius 2 is 2.12 bits per heavy atom. The SMILES string of the molecule is CC(NC(=O)c1cc(S)ccc1Br)C(N)=O. The molecule has 0 heterocycles. The van der Waals surface area contributed by atoms with E-state index in [1.807, 2.05) is 0 Å². The van der Waals surface area contributed by atoms with Crippen LogP contribution in [0.1, 0.15) is 17.3 Å². The van der Waals surface area contributed by atoms with Gasteiger partial charge in [-0.15, -0.1) is 12.6 Å². The predicted octanol–water partition coefficient (Wildman–Crippen LogP) is 1.34. The lowest BCUT2D eigenvalue weighted by molar-refractivity contribution is -0.119. The van der Waals surface area contributed by atoms with Crippen LogP contribution in [0.2, 0.25) is 0 Å². The van der Waals surface area contributed by atoms with Crippen LogP contribution in [0.4, 0.5) is 0 Å². The highest BCUT2D eigenvalue weighted by Crippen LogP contribution is 2.20. The average molecular weight is 303 g/mol. The minimum atomic E-state index is -0.706. The molecule has 4 nitrogen and oxygen atoms in total. The number of carbonyl (C=O) groups is 2. The number of nitrogens with two attached hydrogens (primary N) is 1. The van der Waals surface area contributed by atoms with Gasteiger partial charge in [0.25, 0.3) is 5.91 Å². The van der Waals surface area contributed by atoms with Gasteiger partial charge in [-0.2, -0.15) is 0 Å². The van der Waals surface area contributed by atoms with Crippen LogP contribution in [-0.4, -0.2) is 17.9 Å². The molecule has 2 amide bonds. The van der Waals surface area contributed by atoms with E-state index in [1.165, 1.54) is 6.92 Å². The zero-order chi connectivity index (χ0) is 12.3. The van der Waals surface area contributed by atoms with Crippen molar-refractivity contribution in [2.24, 2.45) is 5.73 Å². The Balaban J connectivity index is 2.88. The van der Waals surface area contributed by atoms with Crippen LogP contribution in [0.15, 0.2) is 27.6 Å². The van der Waals surface area contributed by atoms with E-state index in [4.69, 9.17) is 5.73 Å². The van der Waals surface area contributed by atoms with Crippen molar-refractivity contribution in [3.05, 3.63) is 28.2 Å². The number of primary amides is 1. The molecule has 3 N–H and O–H groups in total. The maximum Gasteiger partial charge on any atom is 0.253 e.